The molecule has 112 valence electrons. The minimum Gasteiger partial charge on any atom is -0.491 e. The number of hydrogen-bond donors (Lipinski definition) is 2. The van der Waals surface area contributed by atoms with Crippen LogP contribution in [-0.2, 0) is 6.42 Å². The molecule has 2 aromatic rings. The van der Waals surface area contributed by atoms with Gasteiger partial charge in [0, 0.05) is 18.4 Å². The van der Waals surface area contributed by atoms with E-state index in [1.165, 1.54) is 5.56 Å². The maximum atomic E-state index is 5.69. The molecule has 4 heteroatoms. The topological polar surface area (TPSA) is 60.2 Å². The van der Waals surface area contributed by atoms with E-state index in [9.17, 15) is 0 Å². The molecule has 21 heavy (non-hydrogen) atoms. The zero-order valence-corrected chi connectivity index (χ0v) is 12.6. The van der Waals surface area contributed by atoms with Crippen molar-refractivity contribution in [2.75, 3.05) is 0 Å². The summed E-state index contributed by atoms with van der Waals surface area (Å²) in [5.41, 5.74) is 5.27. The normalized spacial score (nSPS) is 12.4. The maximum absolute atomic E-state index is 5.69. The van der Waals surface area contributed by atoms with Crippen molar-refractivity contribution in [3.63, 3.8) is 0 Å². The van der Waals surface area contributed by atoms with Gasteiger partial charge in [0.1, 0.15) is 5.75 Å². The van der Waals surface area contributed by atoms with E-state index in [0.717, 1.165) is 24.2 Å². The Morgan fingerprint density at radius 1 is 1.19 bits per heavy atom. The third kappa shape index (κ3) is 4.85. The van der Waals surface area contributed by atoms with Crippen LogP contribution in [0.25, 0.3) is 0 Å². The Hall–Kier alpha value is -1.91. The molecule has 0 aliphatic carbocycles. The van der Waals surface area contributed by atoms with Crippen molar-refractivity contribution >= 4 is 0 Å². The van der Waals surface area contributed by atoms with Gasteiger partial charge >= 0.3 is 0 Å². The highest BCUT2D eigenvalue weighted by Gasteiger charge is 2.10. The number of benzene rings is 1. The fourth-order valence-electron chi connectivity index (χ4n) is 2.25. The number of rotatable bonds is 7. The third-order valence-corrected chi connectivity index (χ3v) is 3.30. The molecule has 0 fully saturated rings. The molecule has 1 unspecified atom stereocenters. The van der Waals surface area contributed by atoms with Crippen LogP contribution in [-0.4, -0.2) is 11.1 Å². The van der Waals surface area contributed by atoms with Crippen LogP contribution in [0.3, 0.4) is 0 Å². The SMILES string of the molecule is CC(C)Oc1ccc(C(CCc2cccnc2)NN)cc1. The van der Waals surface area contributed by atoms with Crippen LogP contribution in [0.5, 0.6) is 5.75 Å². The number of aryl methyl sites for hydroxylation is 1. The van der Waals surface area contributed by atoms with Gasteiger partial charge in [-0.3, -0.25) is 16.3 Å². The summed E-state index contributed by atoms with van der Waals surface area (Å²) in [7, 11) is 0. The molecule has 1 aromatic heterocycles. The molecular formula is C17H23N3O. The van der Waals surface area contributed by atoms with Crippen LogP contribution < -0.4 is 16.0 Å². The van der Waals surface area contributed by atoms with E-state index >= 15 is 0 Å². The fraction of sp³-hybridized carbons (Fsp3) is 0.353. The summed E-state index contributed by atoms with van der Waals surface area (Å²) in [6.45, 7) is 4.04. The average molecular weight is 285 g/mol. The molecule has 3 N–H and O–H groups in total. The molecule has 1 atom stereocenters. The van der Waals surface area contributed by atoms with E-state index in [1.54, 1.807) is 6.20 Å². The van der Waals surface area contributed by atoms with Gasteiger partial charge < -0.3 is 4.74 Å². The van der Waals surface area contributed by atoms with E-state index in [2.05, 4.69) is 28.6 Å². The number of nitrogens with one attached hydrogen (secondary N) is 1. The van der Waals surface area contributed by atoms with Crippen molar-refractivity contribution in [3.8, 4) is 5.75 Å². The molecular weight excluding hydrogens is 262 g/mol. The van der Waals surface area contributed by atoms with Crippen LogP contribution in [0.4, 0.5) is 0 Å². The molecule has 0 aliphatic heterocycles. The second-order valence-electron chi connectivity index (χ2n) is 5.35. The predicted octanol–water partition coefficient (Wildman–Crippen LogP) is 3.01. The van der Waals surface area contributed by atoms with E-state index in [4.69, 9.17) is 10.6 Å². The average Bonchev–Trinajstić information content (AvgIpc) is 2.50. The van der Waals surface area contributed by atoms with Gasteiger partial charge in [0.15, 0.2) is 0 Å². The first-order chi connectivity index (χ1) is 10.2. The van der Waals surface area contributed by atoms with Crippen molar-refractivity contribution in [3.05, 3.63) is 59.9 Å². The van der Waals surface area contributed by atoms with Gasteiger partial charge in [-0.05, 0) is 56.0 Å². The zero-order chi connectivity index (χ0) is 15.1. The number of ether oxygens (including phenoxy) is 1. The smallest absolute Gasteiger partial charge is 0.119 e. The van der Waals surface area contributed by atoms with Crippen molar-refractivity contribution in [2.45, 2.75) is 38.8 Å². The lowest BCUT2D eigenvalue weighted by Gasteiger charge is -2.17. The second-order valence-corrected chi connectivity index (χ2v) is 5.35. The van der Waals surface area contributed by atoms with Gasteiger partial charge in [-0.25, -0.2) is 0 Å². The van der Waals surface area contributed by atoms with E-state index in [-0.39, 0.29) is 12.1 Å². The van der Waals surface area contributed by atoms with Crippen LogP contribution in [0.2, 0.25) is 0 Å². The number of aromatic nitrogens is 1. The lowest BCUT2D eigenvalue weighted by Crippen LogP contribution is -2.28. The van der Waals surface area contributed by atoms with Gasteiger partial charge in [0.25, 0.3) is 0 Å². The molecule has 0 aliphatic rings. The van der Waals surface area contributed by atoms with Gasteiger partial charge in [0.05, 0.1) is 6.10 Å². The summed E-state index contributed by atoms with van der Waals surface area (Å²) >= 11 is 0. The Morgan fingerprint density at radius 2 is 1.95 bits per heavy atom. The highest BCUT2D eigenvalue weighted by molar-refractivity contribution is 5.29. The summed E-state index contributed by atoms with van der Waals surface area (Å²) in [6.07, 6.45) is 5.73. The standard InChI is InChI=1S/C17H23N3O/c1-13(2)21-16-8-6-15(7-9-16)17(20-18)10-5-14-4-3-11-19-12-14/h3-4,6-9,11-13,17,20H,5,10,18H2,1-2H3. The van der Waals surface area contributed by atoms with Crippen molar-refractivity contribution in [1.29, 1.82) is 0 Å². The molecule has 1 aromatic carbocycles. The van der Waals surface area contributed by atoms with Crippen molar-refractivity contribution in [1.82, 2.24) is 10.4 Å². The molecule has 0 saturated heterocycles. The minimum atomic E-state index is 0.123. The summed E-state index contributed by atoms with van der Waals surface area (Å²) in [5, 5.41) is 0. The van der Waals surface area contributed by atoms with Crippen molar-refractivity contribution in [2.24, 2.45) is 5.84 Å². The Morgan fingerprint density at radius 3 is 2.52 bits per heavy atom. The summed E-state index contributed by atoms with van der Waals surface area (Å²) < 4.78 is 5.65. The van der Waals surface area contributed by atoms with Crippen LogP contribution in [0.15, 0.2) is 48.8 Å². The highest BCUT2D eigenvalue weighted by Crippen LogP contribution is 2.21. The number of nitrogens with zero attached hydrogens (tertiary/aromatic N) is 1. The maximum Gasteiger partial charge on any atom is 0.119 e. The molecule has 1 heterocycles. The Bertz CT molecular complexity index is 525. The monoisotopic (exact) mass is 285 g/mol. The number of hydrazine groups is 1. The van der Waals surface area contributed by atoms with Gasteiger partial charge in [0.2, 0.25) is 0 Å². The third-order valence-electron chi connectivity index (χ3n) is 3.30. The van der Waals surface area contributed by atoms with Gasteiger partial charge in [-0.1, -0.05) is 18.2 Å². The van der Waals surface area contributed by atoms with E-state index in [0.29, 0.717) is 0 Å². The van der Waals surface area contributed by atoms with E-state index in [1.807, 2.05) is 38.2 Å². The van der Waals surface area contributed by atoms with Crippen LogP contribution in [0.1, 0.15) is 37.4 Å². The fourth-order valence-corrected chi connectivity index (χ4v) is 2.25. The minimum absolute atomic E-state index is 0.123. The Balaban J connectivity index is 1.97. The summed E-state index contributed by atoms with van der Waals surface area (Å²) in [5.74, 6) is 6.58. The summed E-state index contributed by atoms with van der Waals surface area (Å²) in [4.78, 5) is 4.13. The molecule has 0 spiro atoms. The molecule has 0 saturated carbocycles. The van der Waals surface area contributed by atoms with Crippen LogP contribution >= 0.6 is 0 Å². The van der Waals surface area contributed by atoms with Gasteiger partial charge in [-0.15, -0.1) is 0 Å². The van der Waals surface area contributed by atoms with Crippen molar-refractivity contribution < 1.29 is 4.74 Å². The zero-order valence-electron chi connectivity index (χ0n) is 12.6. The number of hydrogen-bond acceptors (Lipinski definition) is 4. The highest BCUT2D eigenvalue weighted by atomic mass is 16.5. The van der Waals surface area contributed by atoms with Crippen LogP contribution in [0, 0.1) is 0 Å². The first-order valence-electron chi connectivity index (χ1n) is 7.30. The largest absolute Gasteiger partial charge is 0.491 e. The second kappa shape index (κ2) is 7.76. The molecule has 0 radical (unpaired) electrons. The lowest BCUT2D eigenvalue weighted by atomic mass is 10.00. The Kier molecular flexibility index (Phi) is 5.72. The number of pyridine rings is 1. The Labute approximate surface area is 126 Å². The molecule has 0 bridgehead atoms. The molecule has 2 rings (SSSR count). The first kappa shape index (κ1) is 15.5. The molecule has 4 nitrogen and oxygen atoms in total. The van der Waals surface area contributed by atoms with Gasteiger partial charge in [-0.2, -0.15) is 0 Å². The predicted molar refractivity (Wildman–Crippen MR) is 84.8 cm³/mol. The summed E-state index contributed by atoms with van der Waals surface area (Å²) in [6, 6.07) is 12.3. The lowest BCUT2D eigenvalue weighted by molar-refractivity contribution is 0.242. The van der Waals surface area contributed by atoms with E-state index < -0.39 is 0 Å². The first-order valence-corrected chi connectivity index (χ1v) is 7.30. The molecule has 0 amide bonds. The number of nitrogens with two attached hydrogens (primary N) is 1. The quantitative estimate of drug-likeness (QED) is 0.606.